The van der Waals surface area contributed by atoms with Crippen molar-refractivity contribution in [3.8, 4) is 28.6 Å². The number of nitrogens with one attached hydrogen (secondary N) is 1. The smallest absolute Gasteiger partial charge is 0.231 e. The van der Waals surface area contributed by atoms with Gasteiger partial charge in [0.05, 0.1) is 24.2 Å². The third-order valence-electron chi connectivity index (χ3n) is 3.63. The maximum Gasteiger partial charge on any atom is 0.231 e. The average molecular weight is 342 g/mol. The van der Waals surface area contributed by atoms with Gasteiger partial charge in [-0.3, -0.25) is 5.41 Å². The lowest BCUT2D eigenvalue weighted by Gasteiger charge is -2.08. The van der Waals surface area contributed by atoms with Gasteiger partial charge in [0.2, 0.25) is 12.7 Å². The Kier molecular flexibility index (Phi) is 3.66. The highest BCUT2D eigenvalue weighted by molar-refractivity contribution is 7.05. The Labute approximate surface area is 141 Å². The quantitative estimate of drug-likeness (QED) is 0.786. The zero-order valence-electron chi connectivity index (χ0n) is 12.9. The molecular formula is C16H14N4O3S. The fourth-order valence-electron chi connectivity index (χ4n) is 2.40. The number of hydrogen-bond acceptors (Lipinski definition) is 7. The first kappa shape index (κ1) is 14.7. The van der Waals surface area contributed by atoms with Crippen LogP contribution in [-0.2, 0) is 6.54 Å². The number of nitrogens with zero attached hydrogens (tertiary/aromatic N) is 3. The van der Waals surface area contributed by atoms with Crippen LogP contribution >= 0.6 is 11.5 Å². The first-order valence-corrected chi connectivity index (χ1v) is 8.02. The fourth-order valence-corrected chi connectivity index (χ4v) is 3.07. The third kappa shape index (κ3) is 2.71. The molecule has 0 saturated carbocycles. The Hall–Kier alpha value is -2.87. The minimum absolute atomic E-state index is 0.241. The van der Waals surface area contributed by atoms with Crippen LogP contribution < -0.4 is 19.7 Å². The van der Waals surface area contributed by atoms with E-state index in [9.17, 15) is 0 Å². The van der Waals surface area contributed by atoms with Crippen LogP contribution in [0.2, 0.25) is 0 Å². The van der Waals surface area contributed by atoms with E-state index in [0.29, 0.717) is 23.7 Å². The van der Waals surface area contributed by atoms with Crippen molar-refractivity contribution in [2.45, 2.75) is 6.54 Å². The maximum absolute atomic E-state index is 8.06. The summed E-state index contributed by atoms with van der Waals surface area (Å²) < 4.78 is 21.6. The second kappa shape index (κ2) is 5.97. The summed E-state index contributed by atoms with van der Waals surface area (Å²) in [5.41, 5.74) is 2.00. The zero-order chi connectivity index (χ0) is 16.5. The van der Waals surface area contributed by atoms with Crippen molar-refractivity contribution in [2.24, 2.45) is 0 Å². The number of hydrogen-bond donors (Lipinski definition) is 1. The Balaban J connectivity index is 1.67. The van der Waals surface area contributed by atoms with Gasteiger partial charge in [-0.05, 0) is 41.9 Å². The van der Waals surface area contributed by atoms with Crippen LogP contribution in [-0.4, -0.2) is 28.1 Å². The molecule has 1 aromatic carbocycles. The summed E-state index contributed by atoms with van der Waals surface area (Å²) in [6.07, 6.45) is 0. The van der Waals surface area contributed by atoms with Gasteiger partial charge in [0.25, 0.3) is 0 Å². The van der Waals surface area contributed by atoms with Crippen LogP contribution in [0.4, 0.5) is 0 Å². The van der Waals surface area contributed by atoms with Crippen LogP contribution in [0.5, 0.6) is 17.4 Å². The molecule has 3 aromatic rings. The highest BCUT2D eigenvalue weighted by Crippen LogP contribution is 2.35. The lowest BCUT2D eigenvalue weighted by atomic mass is 10.1. The molecule has 1 aliphatic rings. The largest absolute Gasteiger partial charge is 0.480 e. The molecule has 0 fully saturated rings. The van der Waals surface area contributed by atoms with E-state index in [4.69, 9.17) is 19.6 Å². The SMILES string of the molecule is COc1cc(Cn2nc(-c3ccc4c(c3)OCO4)ccc2=N)sn1. The molecular weight excluding hydrogens is 328 g/mol. The minimum atomic E-state index is 0.241. The van der Waals surface area contributed by atoms with Crippen LogP contribution in [0.15, 0.2) is 36.4 Å². The molecule has 1 aliphatic heterocycles. The molecule has 8 heteroatoms. The second-order valence-corrected chi connectivity index (χ2v) is 6.05. The molecule has 0 bridgehead atoms. The van der Waals surface area contributed by atoms with Gasteiger partial charge in [0.1, 0.15) is 5.49 Å². The van der Waals surface area contributed by atoms with E-state index in [1.807, 2.05) is 30.3 Å². The van der Waals surface area contributed by atoms with Gasteiger partial charge in [-0.1, -0.05) is 0 Å². The number of rotatable bonds is 4. The minimum Gasteiger partial charge on any atom is -0.480 e. The first-order chi connectivity index (χ1) is 11.7. The summed E-state index contributed by atoms with van der Waals surface area (Å²) in [5.74, 6) is 2.03. The van der Waals surface area contributed by atoms with Crippen molar-refractivity contribution in [1.29, 1.82) is 5.41 Å². The van der Waals surface area contributed by atoms with Gasteiger partial charge < -0.3 is 14.2 Å². The van der Waals surface area contributed by atoms with Crippen molar-refractivity contribution >= 4 is 11.5 Å². The predicted molar refractivity (Wildman–Crippen MR) is 87.4 cm³/mol. The number of methoxy groups -OCH3 is 1. The third-order valence-corrected chi connectivity index (χ3v) is 4.38. The molecule has 122 valence electrons. The van der Waals surface area contributed by atoms with E-state index in [1.54, 1.807) is 17.9 Å². The topological polar surface area (TPSA) is 82.3 Å². The van der Waals surface area contributed by atoms with Crippen LogP contribution in [0, 0.1) is 5.41 Å². The molecule has 7 nitrogen and oxygen atoms in total. The van der Waals surface area contributed by atoms with E-state index in [1.165, 1.54) is 11.5 Å². The maximum atomic E-state index is 8.06. The summed E-state index contributed by atoms with van der Waals surface area (Å²) in [7, 11) is 1.58. The molecule has 0 saturated heterocycles. The Morgan fingerprint density at radius 2 is 2.08 bits per heavy atom. The van der Waals surface area contributed by atoms with Crippen molar-refractivity contribution < 1.29 is 14.2 Å². The summed E-state index contributed by atoms with van der Waals surface area (Å²) in [4.78, 5) is 0.973. The highest BCUT2D eigenvalue weighted by atomic mass is 32.1. The lowest BCUT2D eigenvalue weighted by Crippen LogP contribution is -2.22. The molecule has 2 aromatic heterocycles. The zero-order valence-corrected chi connectivity index (χ0v) is 13.7. The Bertz CT molecular complexity index is 950. The van der Waals surface area contributed by atoms with Crippen LogP contribution in [0.1, 0.15) is 4.88 Å². The van der Waals surface area contributed by atoms with Gasteiger partial charge in [0, 0.05) is 11.6 Å². The van der Waals surface area contributed by atoms with Crippen molar-refractivity contribution in [3.05, 3.63) is 46.8 Å². The summed E-state index contributed by atoms with van der Waals surface area (Å²) in [6, 6.07) is 11.1. The molecule has 1 N–H and O–H groups in total. The fraction of sp³-hybridized carbons (Fsp3) is 0.188. The van der Waals surface area contributed by atoms with E-state index >= 15 is 0 Å². The monoisotopic (exact) mass is 342 g/mol. The van der Waals surface area contributed by atoms with E-state index in [0.717, 1.165) is 21.9 Å². The predicted octanol–water partition coefficient (Wildman–Crippen LogP) is 2.27. The molecule has 0 atom stereocenters. The highest BCUT2D eigenvalue weighted by Gasteiger charge is 2.14. The van der Waals surface area contributed by atoms with Crippen molar-refractivity contribution in [1.82, 2.24) is 14.2 Å². The van der Waals surface area contributed by atoms with Gasteiger partial charge in [-0.2, -0.15) is 9.47 Å². The second-order valence-electron chi connectivity index (χ2n) is 5.17. The van der Waals surface area contributed by atoms with E-state index in [-0.39, 0.29) is 6.79 Å². The van der Waals surface area contributed by atoms with Crippen molar-refractivity contribution in [2.75, 3.05) is 13.9 Å². The molecule has 3 heterocycles. The Morgan fingerprint density at radius 1 is 1.21 bits per heavy atom. The molecule has 0 amide bonds. The molecule has 4 rings (SSSR count). The first-order valence-electron chi connectivity index (χ1n) is 7.25. The summed E-state index contributed by atoms with van der Waals surface area (Å²) >= 11 is 1.34. The standard InChI is InChI=1S/C16H14N4O3S/c1-21-16-7-11(24-19-16)8-20-15(17)5-3-12(18-20)10-2-4-13-14(6-10)23-9-22-13/h2-7,17H,8-9H2,1H3. The normalized spacial score (nSPS) is 12.4. The van der Waals surface area contributed by atoms with Crippen molar-refractivity contribution in [3.63, 3.8) is 0 Å². The number of benzene rings is 1. The number of fused-ring (bicyclic) bond motifs is 1. The Morgan fingerprint density at radius 3 is 2.92 bits per heavy atom. The summed E-state index contributed by atoms with van der Waals surface area (Å²) in [6.45, 7) is 0.712. The molecule has 0 aliphatic carbocycles. The molecule has 0 unspecified atom stereocenters. The molecule has 0 spiro atoms. The van der Waals surface area contributed by atoms with E-state index < -0.39 is 0 Å². The van der Waals surface area contributed by atoms with Gasteiger partial charge in [-0.15, -0.1) is 0 Å². The van der Waals surface area contributed by atoms with Gasteiger partial charge in [-0.25, -0.2) is 4.68 Å². The number of ether oxygens (including phenoxy) is 3. The molecule has 24 heavy (non-hydrogen) atoms. The van der Waals surface area contributed by atoms with E-state index in [2.05, 4.69) is 9.47 Å². The average Bonchev–Trinajstić information content (AvgIpc) is 3.25. The lowest BCUT2D eigenvalue weighted by molar-refractivity contribution is 0.174. The van der Waals surface area contributed by atoms with Crippen LogP contribution in [0.3, 0.4) is 0 Å². The number of aromatic nitrogens is 3. The molecule has 0 radical (unpaired) electrons. The van der Waals surface area contributed by atoms with Gasteiger partial charge >= 0.3 is 0 Å². The van der Waals surface area contributed by atoms with Gasteiger partial charge in [0.15, 0.2) is 11.5 Å². The van der Waals surface area contributed by atoms with Crippen LogP contribution in [0.25, 0.3) is 11.3 Å². The summed E-state index contributed by atoms with van der Waals surface area (Å²) in [5, 5.41) is 12.6.